The van der Waals surface area contributed by atoms with Gasteiger partial charge in [-0.2, -0.15) is 0 Å². The van der Waals surface area contributed by atoms with E-state index in [2.05, 4.69) is 0 Å². The number of aliphatic hydroxyl groups is 13. The first-order valence-corrected chi connectivity index (χ1v) is 16.7. The molecule has 306 valence electrons. The van der Waals surface area contributed by atoms with Gasteiger partial charge in [-0.1, -0.05) is 0 Å². The predicted octanol–water partition coefficient (Wildman–Crippen LogP) is -9.06. The standard InChI is InChI=1S/C29H52O23/c1-43-21-10(6-32)48-29(25(20(21)41)45-5-3-31)52-23-12(8-34)47-27(18(39)15(23)36)51-24-13(9-44-4-2-30)49-28(19(40)16(24)37)50-22-11(7-33)46-26(42)17(38)14(22)35/h10-42H,2-9H2,1H3/t10?,11?,12?,13?,14?,15?,16?,17?,18?,19?,20?,21-,22-,23-,24-,25?,26-,27+,28+,29+/m0/s1. The van der Waals surface area contributed by atoms with Crippen LogP contribution in [0.4, 0.5) is 0 Å². The zero-order valence-electron chi connectivity index (χ0n) is 28.1. The van der Waals surface area contributed by atoms with Crippen LogP contribution in [0, 0.1) is 0 Å². The Morgan fingerprint density at radius 1 is 0.442 bits per heavy atom. The van der Waals surface area contributed by atoms with Gasteiger partial charge in [-0.3, -0.25) is 0 Å². The van der Waals surface area contributed by atoms with Gasteiger partial charge in [-0.05, 0) is 0 Å². The first-order valence-electron chi connectivity index (χ1n) is 16.7. The van der Waals surface area contributed by atoms with Crippen molar-refractivity contribution in [1.29, 1.82) is 0 Å². The summed E-state index contributed by atoms with van der Waals surface area (Å²) in [6, 6.07) is 0. The van der Waals surface area contributed by atoms with E-state index in [0.29, 0.717) is 0 Å². The van der Waals surface area contributed by atoms with Gasteiger partial charge in [0.05, 0.1) is 52.9 Å². The van der Waals surface area contributed by atoms with E-state index in [1.54, 1.807) is 0 Å². The highest BCUT2D eigenvalue weighted by atomic mass is 16.8. The van der Waals surface area contributed by atoms with Crippen LogP contribution in [0.5, 0.6) is 0 Å². The Morgan fingerprint density at radius 3 is 1.40 bits per heavy atom. The second-order valence-electron chi connectivity index (χ2n) is 12.5. The first kappa shape index (κ1) is 43.8. The molecule has 4 fully saturated rings. The van der Waals surface area contributed by atoms with Crippen LogP contribution in [-0.2, 0) is 47.4 Å². The van der Waals surface area contributed by atoms with E-state index < -0.39 is 162 Å². The maximum absolute atomic E-state index is 11.2. The van der Waals surface area contributed by atoms with Crippen LogP contribution < -0.4 is 0 Å². The molecule has 23 heteroatoms. The van der Waals surface area contributed by atoms with Crippen LogP contribution in [-0.4, -0.2) is 249 Å². The molecular formula is C29H52O23. The molecule has 4 heterocycles. The van der Waals surface area contributed by atoms with Gasteiger partial charge in [0, 0.05) is 7.11 Å². The number of hydrogen-bond acceptors (Lipinski definition) is 23. The van der Waals surface area contributed by atoms with E-state index in [0.717, 1.165) is 0 Å². The third-order valence-corrected chi connectivity index (χ3v) is 9.16. The van der Waals surface area contributed by atoms with Gasteiger partial charge in [0.15, 0.2) is 25.2 Å². The lowest BCUT2D eigenvalue weighted by Crippen LogP contribution is -2.67. The third kappa shape index (κ3) is 9.71. The summed E-state index contributed by atoms with van der Waals surface area (Å²) in [5, 5.41) is 134. The average molecular weight is 769 g/mol. The zero-order valence-corrected chi connectivity index (χ0v) is 28.1. The Bertz CT molecular complexity index is 1030. The Balaban J connectivity index is 1.50. The zero-order chi connectivity index (χ0) is 38.3. The van der Waals surface area contributed by atoms with Crippen molar-refractivity contribution in [1.82, 2.24) is 0 Å². The second-order valence-corrected chi connectivity index (χ2v) is 12.5. The first-order chi connectivity index (χ1) is 24.9. The highest BCUT2D eigenvalue weighted by molar-refractivity contribution is 4.98. The number of hydrogen-bond donors (Lipinski definition) is 13. The minimum absolute atomic E-state index is 0.224. The number of aliphatic hydroxyl groups excluding tert-OH is 13. The molecule has 52 heavy (non-hydrogen) atoms. The fourth-order valence-electron chi connectivity index (χ4n) is 6.43. The molecule has 0 aromatic rings. The van der Waals surface area contributed by atoms with E-state index in [4.69, 9.17) is 47.4 Å². The summed E-state index contributed by atoms with van der Waals surface area (Å²) in [5.41, 5.74) is 0. The molecule has 0 aliphatic carbocycles. The van der Waals surface area contributed by atoms with Crippen molar-refractivity contribution >= 4 is 0 Å². The fourth-order valence-corrected chi connectivity index (χ4v) is 6.43. The predicted molar refractivity (Wildman–Crippen MR) is 160 cm³/mol. The molecule has 0 saturated carbocycles. The van der Waals surface area contributed by atoms with Crippen molar-refractivity contribution < 1.29 is 114 Å². The summed E-state index contributed by atoms with van der Waals surface area (Å²) in [5.74, 6) is 0. The molecular weight excluding hydrogens is 716 g/mol. The Morgan fingerprint density at radius 2 is 0.885 bits per heavy atom. The van der Waals surface area contributed by atoms with Gasteiger partial charge in [-0.25, -0.2) is 0 Å². The highest BCUT2D eigenvalue weighted by Gasteiger charge is 2.55. The maximum Gasteiger partial charge on any atom is 0.187 e. The highest BCUT2D eigenvalue weighted by Crippen LogP contribution is 2.35. The van der Waals surface area contributed by atoms with Crippen molar-refractivity contribution in [2.45, 2.75) is 123 Å². The largest absolute Gasteiger partial charge is 0.394 e. The molecule has 4 saturated heterocycles. The molecule has 4 rings (SSSR count). The van der Waals surface area contributed by atoms with Crippen LogP contribution in [0.15, 0.2) is 0 Å². The summed E-state index contributed by atoms with van der Waals surface area (Å²) in [4.78, 5) is 0. The van der Waals surface area contributed by atoms with E-state index in [-0.39, 0.29) is 13.2 Å². The molecule has 4 aliphatic heterocycles. The van der Waals surface area contributed by atoms with Crippen LogP contribution in [0.3, 0.4) is 0 Å². The van der Waals surface area contributed by atoms with Crippen molar-refractivity contribution in [3.8, 4) is 0 Å². The topological polar surface area (TPSA) is 355 Å². The van der Waals surface area contributed by atoms with Crippen molar-refractivity contribution in [3.63, 3.8) is 0 Å². The van der Waals surface area contributed by atoms with Crippen LogP contribution in [0.2, 0.25) is 0 Å². The molecule has 12 unspecified atom stereocenters. The van der Waals surface area contributed by atoms with Crippen molar-refractivity contribution in [2.24, 2.45) is 0 Å². The average Bonchev–Trinajstić information content (AvgIpc) is 3.14. The summed E-state index contributed by atoms with van der Waals surface area (Å²) >= 11 is 0. The van der Waals surface area contributed by atoms with Gasteiger partial charge >= 0.3 is 0 Å². The lowest BCUT2D eigenvalue weighted by Gasteiger charge is -2.49. The minimum atomic E-state index is -2.00. The number of ether oxygens (including phenoxy) is 10. The van der Waals surface area contributed by atoms with Crippen LogP contribution in [0.1, 0.15) is 0 Å². The molecule has 20 atom stereocenters. The minimum Gasteiger partial charge on any atom is -0.394 e. The Kier molecular flexibility index (Phi) is 17.1. The monoisotopic (exact) mass is 768 g/mol. The summed E-state index contributed by atoms with van der Waals surface area (Å²) in [6.45, 7) is -4.15. The molecule has 23 nitrogen and oxygen atoms in total. The SMILES string of the molecule is CO[C@H]1C(CO)O[C@H](O[C@H]2C(CO)O[C@H](O[C@H]3C(COCCO)O[C@H](O[C@H]4C(CO)O[C@H](O)C(O)C4O)C(O)C3O)C(O)C2O)C(OCCO)C1O. The van der Waals surface area contributed by atoms with Gasteiger partial charge in [0.1, 0.15) is 97.7 Å². The Labute approximate surface area is 296 Å². The molecule has 13 N–H and O–H groups in total. The van der Waals surface area contributed by atoms with Crippen molar-refractivity contribution in [3.05, 3.63) is 0 Å². The molecule has 0 radical (unpaired) electrons. The quantitative estimate of drug-likeness (QED) is 0.0611. The lowest BCUT2D eigenvalue weighted by atomic mass is 9.95. The second kappa shape index (κ2) is 20.3. The van der Waals surface area contributed by atoms with Crippen molar-refractivity contribution in [2.75, 3.05) is 60.0 Å². The molecule has 0 amide bonds. The van der Waals surface area contributed by atoms with Gasteiger partial charge in [0.2, 0.25) is 0 Å². The van der Waals surface area contributed by atoms with E-state index in [9.17, 15) is 66.4 Å². The van der Waals surface area contributed by atoms with Gasteiger partial charge in [-0.15, -0.1) is 0 Å². The summed E-state index contributed by atoms with van der Waals surface area (Å²) < 4.78 is 55.6. The van der Waals surface area contributed by atoms with Crippen LogP contribution in [0.25, 0.3) is 0 Å². The van der Waals surface area contributed by atoms with Crippen LogP contribution >= 0.6 is 0 Å². The van der Waals surface area contributed by atoms with Gasteiger partial charge in [0.25, 0.3) is 0 Å². The van der Waals surface area contributed by atoms with E-state index in [1.807, 2.05) is 0 Å². The lowest BCUT2D eigenvalue weighted by molar-refractivity contribution is -0.389. The molecule has 0 spiro atoms. The van der Waals surface area contributed by atoms with E-state index in [1.165, 1.54) is 7.11 Å². The molecule has 0 aromatic heterocycles. The summed E-state index contributed by atoms with van der Waals surface area (Å²) in [7, 11) is 1.25. The van der Waals surface area contributed by atoms with Gasteiger partial charge < -0.3 is 114 Å². The Hall–Kier alpha value is -0.920. The smallest absolute Gasteiger partial charge is 0.187 e. The molecule has 0 aromatic carbocycles. The number of rotatable bonds is 17. The summed E-state index contributed by atoms with van der Waals surface area (Å²) in [6.07, 6.45) is -32.9. The molecule has 4 aliphatic rings. The number of methoxy groups -OCH3 is 1. The maximum atomic E-state index is 11.2. The molecule has 0 bridgehead atoms. The third-order valence-electron chi connectivity index (χ3n) is 9.16. The normalized spacial score (nSPS) is 47.4. The van der Waals surface area contributed by atoms with E-state index >= 15 is 0 Å². The fraction of sp³-hybridized carbons (Fsp3) is 1.00.